The van der Waals surface area contributed by atoms with Gasteiger partial charge in [0.05, 0.1) is 5.60 Å². The van der Waals surface area contributed by atoms with E-state index in [1.807, 2.05) is 0 Å². The summed E-state index contributed by atoms with van der Waals surface area (Å²) in [7, 11) is 1.72. The summed E-state index contributed by atoms with van der Waals surface area (Å²) < 4.78 is 4.97. The molecule has 0 aliphatic heterocycles. The molecule has 2 atom stereocenters. The lowest BCUT2D eigenvalue weighted by Gasteiger charge is -2.35. The molecule has 90 valence electrons. The average molecular weight is 215 g/mol. The summed E-state index contributed by atoms with van der Waals surface area (Å²) in [4.78, 5) is 0. The number of hydrogen-bond donors (Lipinski definition) is 2. The molecule has 1 rings (SSSR count). The highest BCUT2D eigenvalue weighted by Gasteiger charge is 2.31. The fourth-order valence-corrected chi connectivity index (χ4v) is 2.46. The predicted molar refractivity (Wildman–Crippen MR) is 61.9 cm³/mol. The zero-order chi connectivity index (χ0) is 11.1. The van der Waals surface area contributed by atoms with Crippen molar-refractivity contribution in [3.05, 3.63) is 0 Å². The second-order valence-corrected chi connectivity index (χ2v) is 4.95. The lowest BCUT2D eigenvalue weighted by Crippen LogP contribution is -2.44. The van der Waals surface area contributed by atoms with E-state index in [2.05, 4.69) is 12.2 Å². The van der Waals surface area contributed by atoms with Gasteiger partial charge in [-0.2, -0.15) is 0 Å². The van der Waals surface area contributed by atoms with E-state index in [4.69, 9.17) is 4.74 Å². The lowest BCUT2D eigenvalue weighted by molar-refractivity contribution is -0.0118. The quantitative estimate of drug-likeness (QED) is 0.661. The first kappa shape index (κ1) is 12.9. The van der Waals surface area contributed by atoms with Crippen LogP contribution < -0.4 is 5.32 Å². The van der Waals surface area contributed by atoms with Gasteiger partial charge in [-0.05, 0) is 31.7 Å². The maximum Gasteiger partial charge on any atom is 0.0774 e. The highest BCUT2D eigenvalue weighted by atomic mass is 16.5. The molecule has 2 N–H and O–H groups in total. The Bertz CT molecular complexity index is 175. The molecular formula is C12H25NO2. The maximum absolute atomic E-state index is 10.3. The highest BCUT2D eigenvalue weighted by molar-refractivity contribution is 4.86. The van der Waals surface area contributed by atoms with Crippen LogP contribution in [0.3, 0.4) is 0 Å². The molecule has 1 saturated carbocycles. The van der Waals surface area contributed by atoms with Gasteiger partial charge in [-0.3, -0.25) is 0 Å². The van der Waals surface area contributed by atoms with E-state index in [-0.39, 0.29) is 0 Å². The monoisotopic (exact) mass is 215 g/mol. The molecule has 0 heterocycles. The van der Waals surface area contributed by atoms with Crippen molar-refractivity contribution < 1.29 is 9.84 Å². The SMILES string of the molecule is COCCCNCC1(O)CCCC(C)C1. The largest absolute Gasteiger partial charge is 0.389 e. The molecule has 0 aromatic rings. The molecule has 3 heteroatoms. The molecule has 0 radical (unpaired) electrons. The van der Waals surface area contributed by atoms with Gasteiger partial charge in [-0.25, -0.2) is 0 Å². The zero-order valence-corrected chi connectivity index (χ0v) is 10.1. The fourth-order valence-electron chi connectivity index (χ4n) is 2.46. The normalized spacial score (nSPS) is 31.8. The minimum atomic E-state index is -0.454. The topological polar surface area (TPSA) is 41.5 Å². The fraction of sp³-hybridized carbons (Fsp3) is 1.00. The van der Waals surface area contributed by atoms with E-state index in [9.17, 15) is 5.11 Å². The van der Waals surface area contributed by atoms with Crippen molar-refractivity contribution >= 4 is 0 Å². The van der Waals surface area contributed by atoms with Gasteiger partial charge in [-0.1, -0.05) is 19.8 Å². The second kappa shape index (κ2) is 6.46. The van der Waals surface area contributed by atoms with Gasteiger partial charge in [0, 0.05) is 20.3 Å². The zero-order valence-electron chi connectivity index (χ0n) is 10.1. The molecule has 0 aromatic heterocycles. The Morgan fingerprint density at radius 3 is 3.00 bits per heavy atom. The third-order valence-corrected chi connectivity index (χ3v) is 3.22. The maximum atomic E-state index is 10.3. The van der Waals surface area contributed by atoms with Crippen LogP contribution in [-0.2, 0) is 4.74 Å². The van der Waals surface area contributed by atoms with Crippen LogP contribution in [0.1, 0.15) is 39.0 Å². The van der Waals surface area contributed by atoms with E-state index in [1.54, 1.807) is 7.11 Å². The number of hydrogen-bond acceptors (Lipinski definition) is 3. The van der Waals surface area contributed by atoms with E-state index >= 15 is 0 Å². The number of methoxy groups -OCH3 is 1. The van der Waals surface area contributed by atoms with E-state index < -0.39 is 5.60 Å². The van der Waals surface area contributed by atoms with Crippen molar-refractivity contribution in [2.45, 2.75) is 44.6 Å². The molecule has 1 aliphatic rings. The molecule has 0 spiro atoms. The molecule has 3 nitrogen and oxygen atoms in total. The number of aliphatic hydroxyl groups is 1. The third kappa shape index (κ3) is 4.96. The van der Waals surface area contributed by atoms with Crippen LogP contribution in [0, 0.1) is 5.92 Å². The lowest BCUT2D eigenvalue weighted by atomic mass is 9.79. The minimum absolute atomic E-state index is 0.454. The smallest absolute Gasteiger partial charge is 0.0774 e. The summed E-state index contributed by atoms with van der Waals surface area (Å²) in [6, 6.07) is 0. The van der Waals surface area contributed by atoms with Gasteiger partial charge in [0.15, 0.2) is 0 Å². The molecular weight excluding hydrogens is 190 g/mol. The Kier molecular flexibility index (Phi) is 5.58. The van der Waals surface area contributed by atoms with E-state index in [0.717, 1.165) is 45.4 Å². The summed E-state index contributed by atoms with van der Waals surface area (Å²) in [6.07, 6.45) is 5.35. The Labute approximate surface area is 93.2 Å². The second-order valence-electron chi connectivity index (χ2n) is 4.95. The Morgan fingerprint density at radius 1 is 1.53 bits per heavy atom. The predicted octanol–water partition coefficient (Wildman–Crippen LogP) is 1.55. The molecule has 0 saturated heterocycles. The summed E-state index contributed by atoms with van der Waals surface area (Å²) in [5, 5.41) is 13.6. The summed E-state index contributed by atoms with van der Waals surface area (Å²) in [5.74, 6) is 0.671. The van der Waals surface area contributed by atoms with Gasteiger partial charge in [0.1, 0.15) is 0 Å². The van der Waals surface area contributed by atoms with Crippen LogP contribution in [-0.4, -0.2) is 37.5 Å². The van der Waals surface area contributed by atoms with Crippen molar-refractivity contribution in [2.75, 3.05) is 26.8 Å². The van der Waals surface area contributed by atoms with Gasteiger partial charge in [0.25, 0.3) is 0 Å². The first-order valence-electron chi connectivity index (χ1n) is 6.08. The molecule has 1 aliphatic carbocycles. The van der Waals surface area contributed by atoms with Gasteiger partial charge in [-0.15, -0.1) is 0 Å². The van der Waals surface area contributed by atoms with Gasteiger partial charge >= 0.3 is 0 Å². The Balaban J connectivity index is 2.12. The number of ether oxygens (including phenoxy) is 1. The van der Waals surface area contributed by atoms with Crippen LogP contribution in [0.2, 0.25) is 0 Å². The van der Waals surface area contributed by atoms with Crippen LogP contribution in [0.4, 0.5) is 0 Å². The van der Waals surface area contributed by atoms with Crippen molar-refractivity contribution in [3.63, 3.8) is 0 Å². The van der Waals surface area contributed by atoms with Crippen LogP contribution >= 0.6 is 0 Å². The van der Waals surface area contributed by atoms with Crippen molar-refractivity contribution in [3.8, 4) is 0 Å². The third-order valence-electron chi connectivity index (χ3n) is 3.22. The molecule has 0 aromatic carbocycles. The first-order valence-corrected chi connectivity index (χ1v) is 6.08. The highest BCUT2D eigenvalue weighted by Crippen LogP contribution is 2.31. The Hall–Kier alpha value is -0.120. The van der Waals surface area contributed by atoms with Crippen molar-refractivity contribution in [1.29, 1.82) is 0 Å². The van der Waals surface area contributed by atoms with Crippen molar-refractivity contribution in [1.82, 2.24) is 5.32 Å². The van der Waals surface area contributed by atoms with Gasteiger partial charge < -0.3 is 15.2 Å². The number of rotatable bonds is 6. The van der Waals surface area contributed by atoms with E-state index in [1.165, 1.54) is 6.42 Å². The minimum Gasteiger partial charge on any atom is -0.389 e. The molecule has 0 amide bonds. The molecule has 1 fully saturated rings. The van der Waals surface area contributed by atoms with E-state index in [0.29, 0.717) is 5.92 Å². The summed E-state index contributed by atoms with van der Waals surface area (Å²) >= 11 is 0. The average Bonchev–Trinajstić information content (AvgIpc) is 2.17. The molecule has 0 bridgehead atoms. The standard InChI is InChI=1S/C12H25NO2/c1-11-5-3-6-12(14,9-11)10-13-7-4-8-15-2/h11,13-14H,3-10H2,1-2H3. The van der Waals surface area contributed by atoms with Crippen LogP contribution in [0.15, 0.2) is 0 Å². The first-order chi connectivity index (χ1) is 7.16. The van der Waals surface area contributed by atoms with Crippen molar-refractivity contribution in [2.24, 2.45) is 5.92 Å². The Morgan fingerprint density at radius 2 is 2.33 bits per heavy atom. The number of nitrogens with one attached hydrogen (secondary N) is 1. The summed E-state index contributed by atoms with van der Waals surface area (Å²) in [6.45, 7) is 4.70. The van der Waals surface area contributed by atoms with Gasteiger partial charge in [0.2, 0.25) is 0 Å². The summed E-state index contributed by atoms with van der Waals surface area (Å²) in [5.41, 5.74) is -0.454. The van der Waals surface area contributed by atoms with Crippen LogP contribution in [0.25, 0.3) is 0 Å². The van der Waals surface area contributed by atoms with Crippen LogP contribution in [0.5, 0.6) is 0 Å². The molecule has 2 unspecified atom stereocenters. The molecule has 15 heavy (non-hydrogen) atoms.